The fourth-order valence-electron chi connectivity index (χ4n) is 3.37. The molecular weight excluding hydrogens is 363 g/mol. The van der Waals surface area contributed by atoms with Crippen LogP contribution in [0.3, 0.4) is 0 Å². The third-order valence-electron chi connectivity index (χ3n) is 4.84. The van der Waals surface area contributed by atoms with Crippen molar-refractivity contribution < 1.29 is 27.8 Å². The van der Waals surface area contributed by atoms with Crippen LogP contribution < -0.4 is 5.73 Å². The smallest absolute Gasteiger partial charge is 0.416 e. The fraction of sp³-hybridized carbons (Fsp3) is 0.667. The number of likely N-dealkylation sites (tertiary alicyclic amines) is 1. The van der Waals surface area contributed by atoms with Gasteiger partial charge in [0, 0.05) is 26.0 Å². The maximum absolute atomic E-state index is 11.9. The Morgan fingerprint density at radius 2 is 2.00 bits per heavy atom. The average Bonchev–Trinajstić information content (AvgIpc) is 2.63. The molecule has 9 heteroatoms. The zero-order valence-corrected chi connectivity index (χ0v) is 15.1. The summed E-state index contributed by atoms with van der Waals surface area (Å²) in [6.45, 7) is 3.58. The van der Waals surface area contributed by atoms with E-state index < -0.39 is 17.7 Å². The lowest BCUT2D eigenvalue weighted by atomic mass is 9.95. The first-order valence-corrected chi connectivity index (χ1v) is 9.10. The van der Waals surface area contributed by atoms with E-state index in [2.05, 4.69) is 9.88 Å². The first kappa shape index (κ1) is 21.4. The number of rotatable bonds is 3. The standard InChI is InChI=1S/C12H21NO3.C6H5F3N2/c14-12(15)11-3-1-2-6-13(11)9-10-4-7-16-8-5-10;7-6(8,9)4-1-2-11-5(10)3-4/h10-11H,1-9H2,(H,14,15);1-3H,(H2,10,11)/t11-;/m0./s1. The molecule has 0 radical (unpaired) electrons. The Morgan fingerprint density at radius 1 is 1.30 bits per heavy atom. The first-order valence-electron chi connectivity index (χ1n) is 9.10. The van der Waals surface area contributed by atoms with Crippen LogP contribution in [0.5, 0.6) is 0 Å². The fourth-order valence-corrected chi connectivity index (χ4v) is 3.37. The molecule has 2 saturated heterocycles. The number of halogens is 3. The second kappa shape index (κ2) is 9.89. The number of ether oxygens (including phenoxy) is 1. The minimum atomic E-state index is -4.34. The van der Waals surface area contributed by atoms with Crippen LogP contribution >= 0.6 is 0 Å². The molecule has 1 aromatic heterocycles. The first-order chi connectivity index (χ1) is 12.8. The number of carboxylic acids is 1. The molecule has 3 rings (SSSR count). The molecule has 0 aromatic carbocycles. The highest BCUT2D eigenvalue weighted by atomic mass is 19.4. The summed E-state index contributed by atoms with van der Waals surface area (Å²) in [6.07, 6.45) is 1.88. The molecule has 3 N–H and O–H groups in total. The SMILES string of the molecule is Nc1cc(C(F)(F)F)ccn1.O=C(O)[C@@H]1CCCCN1CC1CCOCC1. The quantitative estimate of drug-likeness (QED) is 0.826. The Balaban J connectivity index is 0.000000208. The molecule has 1 atom stereocenters. The topological polar surface area (TPSA) is 88.7 Å². The third-order valence-corrected chi connectivity index (χ3v) is 4.84. The summed E-state index contributed by atoms with van der Waals surface area (Å²) in [5, 5.41) is 9.17. The Kier molecular flexibility index (Phi) is 7.85. The number of anilines is 1. The predicted octanol–water partition coefficient (Wildman–Crippen LogP) is 3.03. The molecule has 152 valence electrons. The number of hydrogen-bond donors (Lipinski definition) is 2. The molecule has 0 bridgehead atoms. The highest BCUT2D eigenvalue weighted by molar-refractivity contribution is 5.73. The monoisotopic (exact) mass is 389 g/mol. The van der Waals surface area contributed by atoms with Crippen molar-refractivity contribution in [3.63, 3.8) is 0 Å². The number of aliphatic carboxylic acids is 1. The van der Waals surface area contributed by atoms with Gasteiger partial charge in [-0.1, -0.05) is 6.42 Å². The number of carboxylic acid groups (broad SMARTS) is 1. The summed E-state index contributed by atoms with van der Waals surface area (Å²) in [5.74, 6) is -0.139. The number of nitrogen functional groups attached to an aromatic ring is 1. The molecule has 0 unspecified atom stereocenters. The Bertz CT molecular complexity index is 607. The van der Waals surface area contributed by atoms with Crippen molar-refractivity contribution in [3.8, 4) is 0 Å². The number of hydrogen-bond acceptors (Lipinski definition) is 5. The van der Waals surface area contributed by atoms with Gasteiger partial charge in [-0.25, -0.2) is 4.98 Å². The van der Waals surface area contributed by atoms with E-state index in [1.54, 1.807) is 0 Å². The number of alkyl halides is 3. The van der Waals surface area contributed by atoms with Crippen molar-refractivity contribution >= 4 is 11.8 Å². The van der Waals surface area contributed by atoms with Crippen LogP contribution in [0.4, 0.5) is 19.0 Å². The summed E-state index contributed by atoms with van der Waals surface area (Å²) in [5.41, 5.74) is 4.27. The summed E-state index contributed by atoms with van der Waals surface area (Å²) in [4.78, 5) is 16.7. The average molecular weight is 389 g/mol. The number of piperidine rings is 1. The van der Waals surface area contributed by atoms with Crippen molar-refractivity contribution in [2.45, 2.75) is 44.3 Å². The summed E-state index contributed by atoms with van der Waals surface area (Å²) in [7, 11) is 0. The Labute approximate surface area is 156 Å². The van der Waals surface area contributed by atoms with Crippen LogP contribution in [-0.4, -0.2) is 53.3 Å². The van der Waals surface area contributed by atoms with Crippen LogP contribution in [0.25, 0.3) is 0 Å². The molecule has 27 heavy (non-hydrogen) atoms. The third kappa shape index (κ3) is 6.99. The van der Waals surface area contributed by atoms with E-state index in [0.717, 1.165) is 76.7 Å². The van der Waals surface area contributed by atoms with Crippen molar-refractivity contribution in [2.75, 3.05) is 32.0 Å². The Hall–Kier alpha value is -1.87. The second-order valence-electron chi connectivity index (χ2n) is 6.87. The molecule has 1 aromatic rings. The Morgan fingerprint density at radius 3 is 2.56 bits per heavy atom. The molecular formula is C18H26F3N3O3. The van der Waals surface area contributed by atoms with E-state index in [0.29, 0.717) is 5.92 Å². The highest BCUT2D eigenvalue weighted by Crippen LogP contribution is 2.29. The molecule has 0 spiro atoms. The van der Waals surface area contributed by atoms with Crippen molar-refractivity contribution in [1.29, 1.82) is 0 Å². The van der Waals surface area contributed by atoms with E-state index in [9.17, 15) is 23.1 Å². The molecule has 2 fully saturated rings. The van der Waals surface area contributed by atoms with E-state index in [1.807, 2.05) is 0 Å². The molecule has 0 aliphatic carbocycles. The molecule has 2 aliphatic rings. The molecule has 0 amide bonds. The molecule has 6 nitrogen and oxygen atoms in total. The van der Waals surface area contributed by atoms with Gasteiger partial charge in [-0.3, -0.25) is 9.69 Å². The largest absolute Gasteiger partial charge is 0.480 e. The number of carbonyl (C=O) groups is 1. The van der Waals surface area contributed by atoms with Gasteiger partial charge in [-0.2, -0.15) is 13.2 Å². The van der Waals surface area contributed by atoms with Crippen LogP contribution in [0.15, 0.2) is 18.3 Å². The van der Waals surface area contributed by atoms with Crippen LogP contribution in [0.1, 0.15) is 37.7 Å². The van der Waals surface area contributed by atoms with Gasteiger partial charge in [0.2, 0.25) is 0 Å². The number of nitrogens with two attached hydrogens (primary N) is 1. The van der Waals surface area contributed by atoms with Gasteiger partial charge in [0.05, 0.1) is 5.56 Å². The predicted molar refractivity (Wildman–Crippen MR) is 94.0 cm³/mol. The van der Waals surface area contributed by atoms with Crippen LogP contribution in [0, 0.1) is 5.92 Å². The van der Waals surface area contributed by atoms with E-state index in [1.165, 1.54) is 0 Å². The lowest BCUT2D eigenvalue weighted by molar-refractivity contribution is -0.145. The van der Waals surface area contributed by atoms with Gasteiger partial charge in [0.1, 0.15) is 11.9 Å². The van der Waals surface area contributed by atoms with Crippen molar-refractivity contribution in [2.24, 2.45) is 5.92 Å². The van der Waals surface area contributed by atoms with E-state index in [-0.39, 0.29) is 11.9 Å². The highest BCUT2D eigenvalue weighted by Gasteiger charge is 2.31. The maximum atomic E-state index is 11.9. The van der Waals surface area contributed by atoms with E-state index in [4.69, 9.17) is 10.5 Å². The molecule has 0 saturated carbocycles. The number of nitrogens with zero attached hydrogens (tertiary/aromatic N) is 2. The van der Waals surface area contributed by atoms with E-state index >= 15 is 0 Å². The number of pyridine rings is 1. The lowest BCUT2D eigenvalue weighted by Crippen LogP contribution is -2.47. The zero-order chi connectivity index (χ0) is 19.9. The van der Waals surface area contributed by atoms with Crippen LogP contribution in [-0.2, 0) is 15.7 Å². The van der Waals surface area contributed by atoms with Gasteiger partial charge < -0.3 is 15.6 Å². The zero-order valence-electron chi connectivity index (χ0n) is 15.1. The summed E-state index contributed by atoms with van der Waals surface area (Å²) < 4.78 is 41.0. The van der Waals surface area contributed by atoms with Crippen molar-refractivity contribution in [1.82, 2.24) is 9.88 Å². The maximum Gasteiger partial charge on any atom is 0.416 e. The van der Waals surface area contributed by atoms with Crippen molar-refractivity contribution in [3.05, 3.63) is 23.9 Å². The van der Waals surface area contributed by atoms with Gasteiger partial charge >= 0.3 is 12.1 Å². The van der Waals surface area contributed by atoms with Gasteiger partial charge in [-0.15, -0.1) is 0 Å². The number of aromatic nitrogens is 1. The van der Waals surface area contributed by atoms with Gasteiger partial charge in [0.15, 0.2) is 0 Å². The minimum Gasteiger partial charge on any atom is -0.480 e. The summed E-state index contributed by atoms with van der Waals surface area (Å²) >= 11 is 0. The van der Waals surface area contributed by atoms with Gasteiger partial charge in [-0.05, 0) is 50.3 Å². The normalized spacial score (nSPS) is 22.0. The molecule has 3 heterocycles. The summed E-state index contributed by atoms with van der Waals surface area (Å²) in [6, 6.07) is 1.42. The lowest BCUT2D eigenvalue weighted by Gasteiger charge is -2.36. The van der Waals surface area contributed by atoms with Gasteiger partial charge in [0.25, 0.3) is 0 Å². The molecule has 2 aliphatic heterocycles. The van der Waals surface area contributed by atoms with Crippen LogP contribution in [0.2, 0.25) is 0 Å². The second-order valence-corrected chi connectivity index (χ2v) is 6.87. The minimum absolute atomic E-state index is 0.125.